The fourth-order valence-corrected chi connectivity index (χ4v) is 1.83. The first-order valence-electron chi connectivity index (χ1n) is 4.06. The van der Waals surface area contributed by atoms with Crippen LogP contribution in [0.2, 0.25) is 0 Å². The van der Waals surface area contributed by atoms with Gasteiger partial charge in [-0.1, -0.05) is 0 Å². The van der Waals surface area contributed by atoms with Crippen LogP contribution in [0.4, 0.5) is 0 Å². The molecular formula is C8H12BrN3. The van der Waals surface area contributed by atoms with Crippen molar-refractivity contribution in [2.75, 3.05) is 0 Å². The van der Waals surface area contributed by atoms with Gasteiger partial charge in [-0.15, -0.1) is 0 Å². The zero-order chi connectivity index (χ0) is 8.77. The topological polar surface area (TPSA) is 43.8 Å². The Morgan fingerprint density at radius 1 is 1.75 bits per heavy atom. The first-order chi connectivity index (χ1) is 5.59. The average Bonchev–Trinajstić information content (AvgIpc) is 2.58. The van der Waals surface area contributed by atoms with E-state index in [4.69, 9.17) is 5.73 Å². The van der Waals surface area contributed by atoms with E-state index in [2.05, 4.69) is 21.0 Å². The van der Waals surface area contributed by atoms with Crippen LogP contribution in [0.15, 0.2) is 10.7 Å². The minimum absolute atomic E-state index is 0.0766. The van der Waals surface area contributed by atoms with Crippen molar-refractivity contribution in [2.24, 2.45) is 12.8 Å². The number of hydrogen-bond acceptors (Lipinski definition) is 2. The van der Waals surface area contributed by atoms with Gasteiger partial charge in [-0.05, 0) is 34.8 Å². The van der Waals surface area contributed by atoms with Crippen LogP contribution in [-0.4, -0.2) is 15.3 Å². The van der Waals surface area contributed by atoms with Crippen molar-refractivity contribution < 1.29 is 0 Å². The standard InChI is InChI=1S/C8H12BrN3/c1-12-6(4-7(9)11-12)5-8(10)2-3-8/h4H,2-3,5,10H2,1H3. The van der Waals surface area contributed by atoms with Crippen LogP contribution in [0.1, 0.15) is 18.5 Å². The second-order valence-electron chi connectivity index (χ2n) is 3.62. The summed E-state index contributed by atoms with van der Waals surface area (Å²) in [7, 11) is 1.95. The Kier molecular flexibility index (Phi) is 1.77. The van der Waals surface area contributed by atoms with Crippen LogP contribution in [0.25, 0.3) is 0 Å². The van der Waals surface area contributed by atoms with Gasteiger partial charge < -0.3 is 5.73 Å². The summed E-state index contributed by atoms with van der Waals surface area (Å²) in [5.41, 5.74) is 7.29. The van der Waals surface area contributed by atoms with E-state index in [1.54, 1.807) is 0 Å². The highest BCUT2D eigenvalue weighted by Crippen LogP contribution is 2.35. The molecule has 1 aliphatic rings. The predicted octanol–water partition coefficient (Wildman–Crippen LogP) is 1.22. The fourth-order valence-electron chi connectivity index (χ4n) is 1.33. The summed E-state index contributed by atoms with van der Waals surface area (Å²) in [6.07, 6.45) is 3.24. The molecule has 1 fully saturated rings. The Balaban J connectivity index is 2.17. The van der Waals surface area contributed by atoms with E-state index in [1.165, 1.54) is 5.69 Å². The van der Waals surface area contributed by atoms with Crippen LogP contribution in [-0.2, 0) is 13.5 Å². The quantitative estimate of drug-likeness (QED) is 0.829. The summed E-state index contributed by atoms with van der Waals surface area (Å²) in [6, 6.07) is 2.03. The van der Waals surface area contributed by atoms with Crippen molar-refractivity contribution in [3.05, 3.63) is 16.4 Å². The molecule has 0 unspecified atom stereocenters. The van der Waals surface area contributed by atoms with Gasteiger partial charge in [0.2, 0.25) is 0 Å². The van der Waals surface area contributed by atoms with E-state index >= 15 is 0 Å². The van der Waals surface area contributed by atoms with Crippen molar-refractivity contribution in [2.45, 2.75) is 24.8 Å². The number of hydrogen-bond donors (Lipinski definition) is 1. The van der Waals surface area contributed by atoms with Crippen LogP contribution in [0, 0.1) is 0 Å². The molecule has 1 aliphatic carbocycles. The molecule has 2 N–H and O–H groups in total. The third kappa shape index (κ3) is 1.54. The van der Waals surface area contributed by atoms with Crippen LogP contribution in [0.3, 0.4) is 0 Å². The molecule has 0 amide bonds. The predicted molar refractivity (Wildman–Crippen MR) is 50.8 cm³/mol. The second kappa shape index (κ2) is 2.57. The molecule has 3 nitrogen and oxygen atoms in total. The van der Waals surface area contributed by atoms with Crippen molar-refractivity contribution >= 4 is 15.9 Å². The molecule has 0 bridgehead atoms. The smallest absolute Gasteiger partial charge is 0.128 e. The number of nitrogens with two attached hydrogens (primary N) is 1. The average molecular weight is 230 g/mol. The van der Waals surface area contributed by atoms with E-state index in [1.807, 2.05) is 17.8 Å². The first kappa shape index (κ1) is 8.26. The SMILES string of the molecule is Cn1nc(Br)cc1CC1(N)CC1. The van der Waals surface area contributed by atoms with Gasteiger partial charge in [0.15, 0.2) is 0 Å². The summed E-state index contributed by atoms with van der Waals surface area (Å²) in [5.74, 6) is 0. The van der Waals surface area contributed by atoms with Crippen LogP contribution in [0.5, 0.6) is 0 Å². The Labute approximate surface area is 80.1 Å². The number of rotatable bonds is 2. The molecule has 66 valence electrons. The van der Waals surface area contributed by atoms with E-state index < -0.39 is 0 Å². The lowest BCUT2D eigenvalue weighted by Gasteiger charge is -2.07. The molecule has 1 aromatic rings. The molecule has 0 aliphatic heterocycles. The van der Waals surface area contributed by atoms with E-state index in [-0.39, 0.29) is 5.54 Å². The molecule has 0 saturated heterocycles. The monoisotopic (exact) mass is 229 g/mol. The number of aromatic nitrogens is 2. The minimum Gasteiger partial charge on any atom is -0.325 e. The number of aryl methyl sites for hydroxylation is 1. The first-order valence-corrected chi connectivity index (χ1v) is 4.86. The molecule has 1 heterocycles. The Morgan fingerprint density at radius 2 is 2.42 bits per heavy atom. The highest BCUT2D eigenvalue weighted by molar-refractivity contribution is 9.10. The maximum atomic E-state index is 6.00. The van der Waals surface area contributed by atoms with Crippen molar-refractivity contribution in [1.82, 2.24) is 9.78 Å². The normalized spacial score (nSPS) is 19.6. The highest BCUT2D eigenvalue weighted by atomic mass is 79.9. The Morgan fingerprint density at radius 3 is 2.83 bits per heavy atom. The molecule has 0 atom stereocenters. The van der Waals surface area contributed by atoms with Crippen LogP contribution >= 0.6 is 15.9 Å². The summed E-state index contributed by atoms with van der Waals surface area (Å²) in [5, 5.41) is 4.20. The highest BCUT2D eigenvalue weighted by Gasteiger charge is 2.38. The molecule has 0 aromatic carbocycles. The van der Waals surface area contributed by atoms with E-state index in [9.17, 15) is 0 Å². The van der Waals surface area contributed by atoms with E-state index in [0.717, 1.165) is 23.9 Å². The minimum atomic E-state index is 0.0766. The molecule has 0 radical (unpaired) electrons. The summed E-state index contributed by atoms with van der Waals surface area (Å²) in [6.45, 7) is 0. The van der Waals surface area contributed by atoms with Crippen molar-refractivity contribution in [3.63, 3.8) is 0 Å². The summed E-state index contributed by atoms with van der Waals surface area (Å²) >= 11 is 3.34. The molecule has 4 heteroatoms. The number of halogens is 1. The molecule has 2 rings (SSSR count). The molecule has 0 spiro atoms. The van der Waals surface area contributed by atoms with Gasteiger partial charge in [0.25, 0.3) is 0 Å². The maximum absolute atomic E-state index is 6.00. The molecular weight excluding hydrogens is 218 g/mol. The lowest BCUT2D eigenvalue weighted by molar-refractivity contribution is 0.612. The maximum Gasteiger partial charge on any atom is 0.128 e. The Hall–Kier alpha value is -0.350. The Bertz CT molecular complexity index is 301. The third-order valence-electron chi connectivity index (χ3n) is 2.37. The van der Waals surface area contributed by atoms with Gasteiger partial charge in [0.1, 0.15) is 4.60 Å². The van der Waals surface area contributed by atoms with Crippen LogP contribution < -0.4 is 5.73 Å². The second-order valence-corrected chi connectivity index (χ2v) is 4.43. The molecule has 12 heavy (non-hydrogen) atoms. The zero-order valence-corrected chi connectivity index (χ0v) is 8.63. The van der Waals surface area contributed by atoms with Gasteiger partial charge in [0.05, 0.1) is 0 Å². The van der Waals surface area contributed by atoms with Gasteiger partial charge in [-0.2, -0.15) is 5.10 Å². The summed E-state index contributed by atoms with van der Waals surface area (Å²) in [4.78, 5) is 0. The van der Waals surface area contributed by atoms with Gasteiger partial charge >= 0.3 is 0 Å². The van der Waals surface area contributed by atoms with E-state index in [0.29, 0.717) is 0 Å². The fraction of sp³-hybridized carbons (Fsp3) is 0.625. The summed E-state index contributed by atoms with van der Waals surface area (Å²) < 4.78 is 2.78. The third-order valence-corrected chi connectivity index (χ3v) is 2.76. The van der Waals surface area contributed by atoms with Gasteiger partial charge in [-0.25, -0.2) is 0 Å². The largest absolute Gasteiger partial charge is 0.325 e. The molecule has 1 aromatic heterocycles. The lowest BCUT2D eigenvalue weighted by Crippen LogP contribution is -2.25. The van der Waals surface area contributed by atoms with Crippen molar-refractivity contribution in [3.8, 4) is 0 Å². The lowest BCUT2D eigenvalue weighted by atomic mass is 10.1. The van der Waals surface area contributed by atoms with Gasteiger partial charge in [0, 0.05) is 24.7 Å². The molecule has 1 saturated carbocycles. The zero-order valence-electron chi connectivity index (χ0n) is 7.05. The van der Waals surface area contributed by atoms with Crippen molar-refractivity contribution in [1.29, 1.82) is 0 Å². The van der Waals surface area contributed by atoms with Gasteiger partial charge in [-0.3, -0.25) is 4.68 Å². The number of nitrogens with zero attached hydrogens (tertiary/aromatic N) is 2.